The first-order chi connectivity index (χ1) is 11.8. The van der Waals surface area contributed by atoms with Crippen molar-refractivity contribution in [3.63, 3.8) is 0 Å². The molecule has 1 rings (SSSR count). The third-order valence-corrected chi connectivity index (χ3v) is 3.56. The fourth-order valence-electron chi connectivity index (χ4n) is 2.18. The molecule has 1 aromatic rings. The Bertz CT molecular complexity index is 588. The molecule has 0 spiro atoms. The molecule has 0 radical (unpaired) electrons. The number of alkyl halides is 3. The topological polar surface area (TPSA) is 64.6 Å². The van der Waals surface area contributed by atoms with Crippen molar-refractivity contribution >= 4 is 17.4 Å². The monoisotopic (exact) mass is 361 g/mol. The Kier molecular flexibility index (Phi) is 8.24. The summed E-state index contributed by atoms with van der Waals surface area (Å²) in [6.45, 7) is 0. The molecule has 1 amide bonds. The zero-order valence-electron chi connectivity index (χ0n) is 14.2. The number of unbranched alkanes of at least 4 members (excludes halogenated alkanes) is 3. The summed E-state index contributed by atoms with van der Waals surface area (Å²) in [4.78, 5) is 22.6. The summed E-state index contributed by atoms with van der Waals surface area (Å²) < 4.78 is 46.3. The van der Waals surface area contributed by atoms with Gasteiger partial charge < -0.3 is 14.8 Å². The lowest BCUT2D eigenvalue weighted by Crippen LogP contribution is -2.22. The first kappa shape index (κ1) is 20.8. The number of hydrogen-bond donors (Lipinski definition) is 1. The quantitative estimate of drug-likeness (QED) is 0.637. The summed E-state index contributed by atoms with van der Waals surface area (Å²) in [5.74, 6) is -0.840. The van der Waals surface area contributed by atoms with Crippen LogP contribution in [0.1, 0.15) is 38.5 Å². The molecule has 1 aromatic carbocycles. The summed E-state index contributed by atoms with van der Waals surface area (Å²) in [6.07, 6.45) is -3.26. The molecule has 0 fully saturated rings. The van der Waals surface area contributed by atoms with Gasteiger partial charge in [-0.15, -0.1) is 0 Å². The normalized spacial score (nSPS) is 11.1. The van der Waals surface area contributed by atoms with E-state index in [2.05, 4.69) is 5.32 Å². The van der Waals surface area contributed by atoms with E-state index >= 15 is 0 Å². The highest BCUT2D eigenvalue weighted by Gasteiger charge is 2.36. The Labute approximate surface area is 144 Å². The van der Waals surface area contributed by atoms with Gasteiger partial charge in [0.05, 0.1) is 19.9 Å². The second kappa shape index (κ2) is 9.90. The number of amides is 1. The van der Waals surface area contributed by atoms with Gasteiger partial charge in [0, 0.05) is 18.9 Å². The van der Waals surface area contributed by atoms with Gasteiger partial charge in [-0.05, 0) is 25.0 Å². The number of ether oxygens (including phenoxy) is 2. The Hall–Kier alpha value is -2.25. The van der Waals surface area contributed by atoms with Crippen molar-refractivity contribution in [2.45, 2.75) is 44.7 Å². The van der Waals surface area contributed by atoms with Crippen LogP contribution >= 0.6 is 0 Å². The number of anilines is 1. The van der Waals surface area contributed by atoms with Crippen LogP contribution in [0.15, 0.2) is 18.2 Å². The molecular formula is C17H22F3NO4. The van der Waals surface area contributed by atoms with Gasteiger partial charge in [-0.2, -0.15) is 13.2 Å². The average molecular weight is 361 g/mol. The Balaban J connectivity index is 2.29. The lowest BCUT2D eigenvalue weighted by molar-refractivity contribution is -0.171. The van der Waals surface area contributed by atoms with Gasteiger partial charge in [-0.1, -0.05) is 12.8 Å². The third-order valence-electron chi connectivity index (χ3n) is 3.56. The maximum Gasteiger partial charge on any atom is 0.449 e. The van der Waals surface area contributed by atoms with E-state index in [0.717, 1.165) is 0 Å². The number of carbonyl (C=O) groups excluding carboxylic acids is 2. The highest BCUT2D eigenvalue weighted by Crippen LogP contribution is 2.29. The molecule has 0 heterocycles. The van der Waals surface area contributed by atoms with Gasteiger partial charge in [0.1, 0.15) is 11.5 Å². The van der Waals surface area contributed by atoms with Crippen LogP contribution in [0.5, 0.6) is 11.5 Å². The lowest BCUT2D eigenvalue weighted by Gasteiger charge is -2.11. The predicted molar refractivity (Wildman–Crippen MR) is 86.9 cm³/mol. The van der Waals surface area contributed by atoms with Crippen molar-refractivity contribution in [2.75, 3.05) is 19.5 Å². The van der Waals surface area contributed by atoms with Crippen molar-refractivity contribution < 1.29 is 32.2 Å². The molecule has 5 nitrogen and oxygen atoms in total. The minimum absolute atomic E-state index is 0.173. The largest absolute Gasteiger partial charge is 0.497 e. The van der Waals surface area contributed by atoms with Crippen LogP contribution in [0.25, 0.3) is 0 Å². The van der Waals surface area contributed by atoms with Crippen molar-refractivity contribution in [3.05, 3.63) is 18.2 Å². The van der Waals surface area contributed by atoms with Crippen molar-refractivity contribution in [3.8, 4) is 11.5 Å². The van der Waals surface area contributed by atoms with Crippen LogP contribution in [-0.2, 0) is 9.59 Å². The van der Waals surface area contributed by atoms with Gasteiger partial charge in [0.2, 0.25) is 11.7 Å². The summed E-state index contributed by atoms with van der Waals surface area (Å²) in [5, 5.41) is 2.72. The minimum atomic E-state index is -4.75. The SMILES string of the molecule is COc1ccc(NC(=O)CCCCCCC(=O)C(F)(F)F)c(OC)c1. The number of ketones is 1. The van der Waals surface area contributed by atoms with Crippen LogP contribution < -0.4 is 14.8 Å². The number of carbonyl (C=O) groups is 2. The standard InChI is InChI=1S/C17H22F3NO4/c1-24-12-9-10-13(14(11-12)25-2)21-16(23)8-6-4-3-5-7-15(22)17(18,19)20/h9-11H,3-8H2,1-2H3,(H,21,23). The van der Waals surface area contributed by atoms with E-state index in [1.165, 1.54) is 14.2 Å². The molecule has 0 saturated heterocycles. The van der Waals surface area contributed by atoms with Gasteiger partial charge in [-0.25, -0.2) is 0 Å². The van der Waals surface area contributed by atoms with E-state index in [4.69, 9.17) is 9.47 Å². The summed E-state index contributed by atoms with van der Waals surface area (Å²) in [5.41, 5.74) is 0.518. The molecule has 0 aliphatic heterocycles. The Morgan fingerprint density at radius 3 is 2.20 bits per heavy atom. The molecule has 1 N–H and O–H groups in total. The second-order valence-corrected chi connectivity index (χ2v) is 5.45. The summed E-state index contributed by atoms with van der Waals surface area (Å²) in [6, 6.07) is 5.00. The van der Waals surface area contributed by atoms with E-state index in [1.54, 1.807) is 18.2 Å². The van der Waals surface area contributed by atoms with E-state index in [-0.39, 0.29) is 18.7 Å². The van der Waals surface area contributed by atoms with Crippen molar-refractivity contribution in [1.29, 1.82) is 0 Å². The molecule has 8 heteroatoms. The molecule has 0 aliphatic carbocycles. The third kappa shape index (κ3) is 7.45. The smallest absolute Gasteiger partial charge is 0.449 e. The first-order valence-electron chi connectivity index (χ1n) is 7.90. The van der Waals surface area contributed by atoms with Gasteiger partial charge in [0.15, 0.2) is 0 Å². The number of hydrogen-bond acceptors (Lipinski definition) is 4. The van der Waals surface area contributed by atoms with Crippen LogP contribution in [0, 0.1) is 0 Å². The number of Topliss-reactive ketones (excluding diaryl/α,β-unsaturated/α-hetero) is 1. The fourth-order valence-corrected chi connectivity index (χ4v) is 2.18. The van der Waals surface area contributed by atoms with Crippen LogP contribution in [0.3, 0.4) is 0 Å². The fraction of sp³-hybridized carbons (Fsp3) is 0.529. The molecule has 140 valence electrons. The zero-order chi connectivity index (χ0) is 18.9. The maximum atomic E-state index is 12.0. The van der Waals surface area contributed by atoms with Gasteiger partial charge in [0.25, 0.3) is 0 Å². The van der Waals surface area contributed by atoms with E-state index in [9.17, 15) is 22.8 Å². The molecule has 0 aliphatic rings. The average Bonchev–Trinajstić information content (AvgIpc) is 2.57. The number of benzene rings is 1. The van der Waals surface area contributed by atoms with E-state index in [1.807, 2.05) is 0 Å². The highest BCUT2D eigenvalue weighted by molar-refractivity contribution is 5.92. The number of methoxy groups -OCH3 is 2. The van der Waals surface area contributed by atoms with E-state index in [0.29, 0.717) is 36.4 Å². The molecular weight excluding hydrogens is 339 g/mol. The molecule has 25 heavy (non-hydrogen) atoms. The second-order valence-electron chi connectivity index (χ2n) is 5.45. The Morgan fingerprint density at radius 1 is 1.00 bits per heavy atom. The minimum Gasteiger partial charge on any atom is -0.497 e. The summed E-state index contributed by atoms with van der Waals surface area (Å²) >= 11 is 0. The molecule has 0 saturated carbocycles. The molecule has 0 unspecified atom stereocenters. The first-order valence-corrected chi connectivity index (χ1v) is 7.90. The van der Waals surface area contributed by atoms with Crippen LogP contribution in [-0.4, -0.2) is 32.1 Å². The number of halogens is 3. The van der Waals surface area contributed by atoms with Crippen molar-refractivity contribution in [1.82, 2.24) is 0 Å². The van der Waals surface area contributed by atoms with E-state index < -0.39 is 18.4 Å². The van der Waals surface area contributed by atoms with Gasteiger partial charge >= 0.3 is 6.18 Å². The maximum absolute atomic E-state index is 12.0. The highest BCUT2D eigenvalue weighted by atomic mass is 19.4. The number of nitrogens with one attached hydrogen (secondary N) is 1. The predicted octanol–water partition coefficient (Wildman–Crippen LogP) is 4.11. The molecule has 0 aromatic heterocycles. The van der Waals surface area contributed by atoms with Crippen LogP contribution in [0.2, 0.25) is 0 Å². The zero-order valence-corrected chi connectivity index (χ0v) is 14.2. The van der Waals surface area contributed by atoms with Gasteiger partial charge in [-0.3, -0.25) is 9.59 Å². The number of rotatable bonds is 10. The Morgan fingerprint density at radius 2 is 1.64 bits per heavy atom. The summed E-state index contributed by atoms with van der Waals surface area (Å²) in [7, 11) is 3.00. The molecule has 0 bridgehead atoms. The van der Waals surface area contributed by atoms with Crippen LogP contribution in [0.4, 0.5) is 18.9 Å². The van der Waals surface area contributed by atoms with Crippen molar-refractivity contribution in [2.24, 2.45) is 0 Å². The lowest BCUT2D eigenvalue weighted by atomic mass is 10.1. The molecule has 0 atom stereocenters.